The van der Waals surface area contributed by atoms with Crippen molar-refractivity contribution in [2.45, 2.75) is 0 Å². The summed E-state index contributed by atoms with van der Waals surface area (Å²) in [7, 11) is 0. The number of para-hydroxylation sites is 1. The normalized spacial score (nSPS) is 11.9. The zero-order valence-corrected chi connectivity index (χ0v) is 21.9. The zero-order chi connectivity index (χ0) is 26.9. The lowest BCUT2D eigenvalue weighted by atomic mass is 9.98. The summed E-state index contributed by atoms with van der Waals surface area (Å²) in [5, 5.41) is 4.68. The van der Waals surface area contributed by atoms with E-state index in [4.69, 9.17) is 19.4 Å². The molecular weight excluding hydrogens is 502 g/mol. The summed E-state index contributed by atoms with van der Waals surface area (Å²) >= 11 is 0. The summed E-state index contributed by atoms with van der Waals surface area (Å²) in [4.78, 5) is 14.9. The van der Waals surface area contributed by atoms with Crippen molar-refractivity contribution in [1.29, 1.82) is 0 Å². The number of furan rings is 1. The Kier molecular flexibility index (Phi) is 4.58. The van der Waals surface area contributed by atoms with Gasteiger partial charge < -0.3 is 4.42 Å². The van der Waals surface area contributed by atoms with Crippen molar-refractivity contribution < 1.29 is 4.42 Å². The van der Waals surface area contributed by atoms with Gasteiger partial charge in [0.1, 0.15) is 11.2 Å². The van der Waals surface area contributed by atoms with Gasteiger partial charge in [-0.15, -0.1) is 0 Å². The molecule has 0 bridgehead atoms. The van der Waals surface area contributed by atoms with E-state index in [-0.39, 0.29) is 0 Å². The summed E-state index contributed by atoms with van der Waals surface area (Å²) in [6.45, 7) is 0. The number of fused-ring (bicyclic) bond motifs is 6. The van der Waals surface area contributed by atoms with E-state index in [2.05, 4.69) is 54.6 Å². The Balaban J connectivity index is 1.30. The lowest BCUT2D eigenvalue weighted by Crippen LogP contribution is -2.00. The fourth-order valence-electron chi connectivity index (χ4n) is 6.15. The minimum absolute atomic E-state index is 0.657. The van der Waals surface area contributed by atoms with E-state index < -0.39 is 0 Å². The number of nitrogens with zero attached hydrogens (tertiary/aromatic N) is 3. The maximum absolute atomic E-state index is 6.25. The lowest BCUT2D eigenvalue weighted by molar-refractivity contribution is 0.669. The quantitative estimate of drug-likeness (QED) is 0.231. The average molecular weight is 524 g/mol. The molecule has 41 heavy (non-hydrogen) atoms. The topological polar surface area (TPSA) is 51.8 Å². The molecule has 6 aromatic carbocycles. The van der Waals surface area contributed by atoms with Crippen LogP contribution in [0.3, 0.4) is 0 Å². The van der Waals surface area contributed by atoms with Crippen LogP contribution in [0.4, 0.5) is 0 Å². The highest BCUT2D eigenvalue weighted by Crippen LogP contribution is 2.50. The van der Waals surface area contributed by atoms with E-state index in [1.807, 2.05) is 72.8 Å². The van der Waals surface area contributed by atoms with Crippen molar-refractivity contribution in [3.05, 3.63) is 127 Å². The molecule has 9 rings (SSSR count). The molecule has 0 atom stereocenters. The molecular formula is C37H21N3O. The van der Waals surface area contributed by atoms with Crippen molar-refractivity contribution in [2.24, 2.45) is 0 Å². The number of hydrogen-bond acceptors (Lipinski definition) is 4. The van der Waals surface area contributed by atoms with Crippen LogP contribution in [0, 0.1) is 0 Å². The zero-order valence-electron chi connectivity index (χ0n) is 21.9. The first-order valence-electron chi connectivity index (χ1n) is 13.7. The van der Waals surface area contributed by atoms with Crippen molar-refractivity contribution in [1.82, 2.24) is 15.0 Å². The molecule has 8 aromatic rings. The van der Waals surface area contributed by atoms with Crippen LogP contribution in [0.25, 0.3) is 89.1 Å². The van der Waals surface area contributed by atoms with E-state index in [0.717, 1.165) is 44.0 Å². The molecule has 1 aliphatic rings. The third-order valence-electron chi connectivity index (χ3n) is 8.03. The maximum Gasteiger partial charge on any atom is 0.164 e. The first-order chi connectivity index (χ1) is 20.3. The van der Waals surface area contributed by atoms with Gasteiger partial charge in [0.15, 0.2) is 17.5 Å². The van der Waals surface area contributed by atoms with Gasteiger partial charge in [-0.2, -0.15) is 0 Å². The van der Waals surface area contributed by atoms with Crippen LogP contribution in [-0.2, 0) is 0 Å². The second kappa shape index (κ2) is 8.44. The monoisotopic (exact) mass is 523 g/mol. The molecule has 0 radical (unpaired) electrons. The second-order valence-corrected chi connectivity index (χ2v) is 10.5. The largest absolute Gasteiger partial charge is 0.456 e. The molecule has 0 spiro atoms. The number of rotatable bonds is 3. The minimum Gasteiger partial charge on any atom is -0.456 e. The van der Waals surface area contributed by atoms with E-state index in [1.165, 1.54) is 27.6 Å². The van der Waals surface area contributed by atoms with Gasteiger partial charge in [-0.25, -0.2) is 15.0 Å². The lowest BCUT2D eigenvalue weighted by Gasteiger charge is -2.10. The molecule has 4 nitrogen and oxygen atoms in total. The molecule has 0 saturated carbocycles. The fourth-order valence-corrected chi connectivity index (χ4v) is 6.15. The highest BCUT2D eigenvalue weighted by atomic mass is 16.3. The number of hydrogen-bond donors (Lipinski definition) is 0. The SMILES string of the molecule is c1ccc(-c2nc(-c3ccccc3)nc(-c3cc4c5c(cccc5c3)-c3cc5oc6ccccc6c5cc3-4)n2)cc1. The molecule has 0 amide bonds. The number of benzene rings is 6. The average Bonchev–Trinajstić information content (AvgIpc) is 3.56. The van der Waals surface area contributed by atoms with E-state index in [1.54, 1.807) is 0 Å². The summed E-state index contributed by atoms with van der Waals surface area (Å²) in [6.07, 6.45) is 0. The second-order valence-electron chi connectivity index (χ2n) is 10.5. The van der Waals surface area contributed by atoms with Crippen LogP contribution in [0.2, 0.25) is 0 Å². The van der Waals surface area contributed by atoms with Gasteiger partial charge in [-0.3, -0.25) is 0 Å². The van der Waals surface area contributed by atoms with Gasteiger partial charge in [0.05, 0.1) is 0 Å². The molecule has 2 heterocycles. The van der Waals surface area contributed by atoms with Gasteiger partial charge in [-0.1, -0.05) is 97.1 Å². The first kappa shape index (κ1) is 22.2. The van der Waals surface area contributed by atoms with Gasteiger partial charge in [-0.05, 0) is 63.4 Å². The van der Waals surface area contributed by atoms with Crippen LogP contribution < -0.4 is 0 Å². The molecule has 0 saturated heterocycles. The highest BCUT2D eigenvalue weighted by molar-refractivity contribution is 6.20. The Morgan fingerprint density at radius 2 is 1.02 bits per heavy atom. The molecule has 1 aliphatic carbocycles. The molecule has 0 unspecified atom stereocenters. The molecule has 0 aliphatic heterocycles. The number of aromatic nitrogens is 3. The van der Waals surface area contributed by atoms with Crippen molar-refractivity contribution in [3.8, 4) is 56.4 Å². The fraction of sp³-hybridized carbons (Fsp3) is 0. The molecule has 0 fully saturated rings. The molecule has 190 valence electrons. The van der Waals surface area contributed by atoms with E-state index in [9.17, 15) is 0 Å². The Morgan fingerprint density at radius 3 is 1.76 bits per heavy atom. The van der Waals surface area contributed by atoms with E-state index >= 15 is 0 Å². The summed E-state index contributed by atoms with van der Waals surface area (Å²) in [6, 6.07) is 43.9. The van der Waals surface area contributed by atoms with Crippen LogP contribution in [0.1, 0.15) is 0 Å². The van der Waals surface area contributed by atoms with Crippen LogP contribution >= 0.6 is 0 Å². The van der Waals surface area contributed by atoms with Crippen LogP contribution in [0.5, 0.6) is 0 Å². The third-order valence-corrected chi connectivity index (χ3v) is 8.03. The van der Waals surface area contributed by atoms with E-state index in [0.29, 0.717) is 17.5 Å². The Bertz CT molecular complexity index is 2250. The van der Waals surface area contributed by atoms with Gasteiger partial charge in [0, 0.05) is 27.5 Å². The van der Waals surface area contributed by atoms with Gasteiger partial charge in [0.25, 0.3) is 0 Å². The third kappa shape index (κ3) is 3.38. The molecule has 0 N–H and O–H groups in total. The molecule has 4 heteroatoms. The summed E-state index contributed by atoms with van der Waals surface area (Å²) < 4.78 is 6.25. The highest BCUT2D eigenvalue weighted by Gasteiger charge is 2.25. The standard InChI is InChI=1S/C37H21N3O/c1-3-10-22(11-4-1)35-38-36(23-12-5-2-6-13-23)40-37(39-35)25-18-24-14-9-16-27-29-21-33-30(20-28(29)31(19-25)34(24)27)26-15-7-8-17-32(26)41-33/h1-21H. The minimum atomic E-state index is 0.657. The predicted octanol–water partition coefficient (Wildman–Crippen LogP) is 9.57. The van der Waals surface area contributed by atoms with Crippen molar-refractivity contribution in [2.75, 3.05) is 0 Å². The maximum atomic E-state index is 6.25. The van der Waals surface area contributed by atoms with Gasteiger partial charge >= 0.3 is 0 Å². The molecule has 2 aromatic heterocycles. The predicted molar refractivity (Wildman–Crippen MR) is 165 cm³/mol. The van der Waals surface area contributed by atoms with Crippen molar-refractivity contribution in [3.63, 3.8) is 0 Å². The van der Waals surface area contributed by atoms with Gasteiger partial charge in [0.2, 0.25) is 0 Å². The Labute approximate surface area is 235 Å². The summed E-state index contributed by atoms with van der Waals surface area (Å²) in [5.41, 5.74) is 9.52. The Morgan fingerprint density at radius 1 is 0.390 bits per heavy atom. The Hall–Kier alpha value is -5.61. The first-order valence-corrected chi connectivity index (χ1v) is 13.7. The van der Waals surface area contributed by atoms with Crippen LogP contribution in [0.15, 0.2) is 132 Å². The smallest absolute Gasteiger partial charge is 0.164 e. The summed E-state index contributed by atoms with van der Waals surface area (Å²) in [5.74, 6) is 1.97. The van der Waals surface area contributed by atoms with Crippen LogP contribution in [-0.4, -0.2) is 15.0 Å². The van der Waals surface area contributed by atoms with Crippen molar-refractivity contribution >= 4 is 32.7 Å².